The van der Waals surface area contributed by atoms with Gasteiger partial charge < -0.3 is 14.6 Å². The summed E-state index contributed by atoms with van der Waals surface area (Å²) in [5.41, 5.74) is 0.993. The van der Waals surface area contributed by atoms with Crippen molar-refractivity contribution >= 4 is 5.91 Å². The van der Waals surface area contributed by atoms with E-state index in [2.05, 4.69) is 25.6 Å². The van der Waals surface area contributed by atoms with Crippen LogP contribution in [0.15, 0.2) is 46.9 Å². The summed E-state index contributed by atoms with van der Waals surface area (Å²) in [6, 6.07) is 13.7. The van der Waals surface area contributed by atoms with E-state index in [0.29, 0.717) is 11.6 Å². The minimum Gasteiger partial charge on any atom is -0.456 e. The van der Waals surface area contributed by atoms with Gasteiger partial charge in [0.15, 0.2) is 5.76 Å². The van der Waals surface area contributed by atoms with Gasteiger partial charge in [0.05, 0.1) is 6.54 Å². The van der Waals surface area contributed by atoms with Gasteiger partial charge in [-0.15, -0.1) is 10.2 Å². The van der Waals surface area contributed by atoms with Crippen molar-refractivity contribution in [2.75, 3.05) is 19.6 Å². The second-order valence-electron chi connectivity index (χ2n) is 8.14. The first-order chi connectivity index (χ1) is 15.2. The molecule has 1 fully saturated rings. The van der Waals surface area contributed by atoms with E-state index >= 15 is 0 Å². The molecule has 4 rings (SSSR count). The highest BCUT2D eigenvalue weighted by molar-refractivity contribution is 5.91. The van der Waals surface area contributed by atoms with Gasteiger partial charge in [0.2, 0.25) is 5.82 Å². The molecule has 1 amide bonds. The van der Waals surface area contributed by atoms with Crippen molar-refractivity contribution in [2.24, 2.45) is 0 Å². The Hall–Kier alpha value is -3.00. The van der Waals surface area contributed by atoms with Gasteiger partial charge in [0.25, 0.3) is 5.91 Å². The Labute approximate surface area is 182 Å². The average molecular weight is 423 g/mol. The number of hydrogen-bond acceptors (Lipinski definition) is 6. The lowest BCUT2D eigenvalue weighted by atomic mass is 10.0. The Balaban J connectivity index is 1.09. The molecule has 0 radical (unpaired) electrons. The molecule has 0 bridgehead atoms. The number of benzene rings is 1. The Morgan fingerprint density at radius 2 is 1.84 bits per heavy atom. The van der Waals surface area contributed by atoms with Crippen LogP contribution in [0, 0.1) is 6.92 Å². The summed E-state index contributed by atoms with van der Waals surface area (Å²) in [6.45, 7) is 5.78. The van der Waals surface area contributed by atoms with Crippen molar-refractivity contribution in [1.82, 2.24) is 30.4 Å². The highest BCUT2D eigenvalue weighted by Gasteiger charge is 2.21. The first kappa shape index (κ1) is 21.2. The Morgan fingerprint density at radius 1 is 1.06 bits per heavy atom. The van der Waals surface area contributed by atoms with E-state index in [1.165, 1.54) is 0 Å². The van der Waals surface area contributed by atoms with Crippen LogP contribution in [0.25, 0.3) is 11.4 Å². The van der Waals surface area contributed by atoms with Crippen molar-refractivity contribution in [1.29, 1.82) is 0 Å². The number of rotatable bonds is 9. The Bertz CT molecular complexity index is 959. The zero-order valence-corrected chi connectivity index (χ0v) is 18.0. The van der Waals surface area contributed by atoms with E-state index in [4.69, 9.17) is 4.42 Å². The number of amides is 1. The maximum Gasteiger partial charge on any atom is 0.287 e. The number of tetrazole rings is 1. The molecule has 0 spiro atoms. The molecular formula is C23H30N6O2. The maximum absolute atomic E-state index is 12.2. The smallest absolute Gasteiger partial charge is 0.287 e. The van der Waals surface area contributed by atoms with Crippen LogP contribution in [-0.4, -0.2) is 56.7 Å². The van der Waals surface area contributed by atoms with E-state index in [1.807, 2.05) is 43.3 Å². The minimum atomic E-state index is -0.108. The molecule has 1 aliphatic heterocycles. The van der Waals surface area contributed by atoms with E-state index in [1.54, 1.807) is 10.9 Å². The third kappa shape index (κ3) is 6.01. The van der Waals surface area contributed by atoms with Gasteiger partial charge >= 0.3 is 0 Å². The van der Waals surface area contributed by atoms with Crippen LogP contribution in [0.4, 0.5) is 0 Å². The van der Waals surface area contributed by atoms with Gasteiger partial charge in [-0.1, -0.05) is 36.8 Å². The minimum absolute atomic E-state index is 0.108. The third-order valence-corrected chi connectivity index (χ3v) is 5.70. The molecule has 1 N–H and O–H groups in total. The molecule has 8 nitrogen and oxygen atoms in total. The molecular weight excluding hydrogens is 392 g/mol. The third-order valence-electron chi connectivity index (χ3n) is 5.70. The molecule has 3 aromatic rings. The van der Waals surface area contributed by atoms with Gasteiger partial charge in [0.1, 0.15) is 5.76 Å². The van der Waals surface area contributed by atoms with E-state index in [9.17, 15) is 4.79 Å². The van der Waals surface area contributed by atoms with Crippen LogP contribution >= 0.6 is 0 Å². The van der Waals surface area contributed by atoms with Gasteiger partial charge in [-0.25, -0.2) is 0 Å². The van der Waals surface area contributed by atoms with Crippen molar-refractivity contribution in [3.8, 4) is 11.4 Å². The summed E-state index contributed by atoms with van der Waals surface area (Å²) in [5, 5.41) is 15.9. The lowest BCUT2D eigenvalue weighted by molar-refractivity contribution is 0.0881. The number of nitrogens with zero attached hydrogens (tertiary/aromatic N) is 5. The number of aryl methyl sites for hydroxylation is 2. The van der Waals surface area contributed by atoms with Gasteiger partial charge in [0, 0.05) is 24.7 Å². The Kier molecular flexibility index (Phi) is 7.09. The largest absolute Gasteiger partial charge is 0.456 e. The molecule has 1 saturated heterocycles. The highest BCUT2D eigenvalue weighted by atomic mass is 16.3. The maximum atomic E-state index is 12.2. The van der Waals surface area contributed by atoms with Crippen molar-refractivity contribution in [3.05, 3.63) is 54.0 Å². The number of piperidine rings is 1. The van der Waals surface area contributed by atoms with E-state index in [-0.39, 0.29) is 11.9 Å². The topological polar surface area (TPSA) is 89.1 Å². The van der Waals surface area contributed by atoms with Gasteiger partial charge in [-0.3, -0.25) is 4.79 Å². The van der Waals surface area contributed by atoms with Gasteiger partial charge in [-0.05, 0) is 56.5 Å². The van der Waals surface area contributed by atoms with Crippen LogP contribution in [0.2, 0.25) is 0 Å². The average Bonchev–Trinajstić information content (AvgIpc) is 3.45. The number of carbonyl (C=O) groups excluding carboxylic acids is 1. The van der Waals surface area contributed by atoms with Crippen LogP contribution in [0.5, 0.6) is 0 Å². The molecule has 0 atom stereocenters. The van der Waals surface area contributed by atoms with Crippen LogP contribution < -0.4 is 5.32 Å². The second kappa shape index (κ2) is 10.3. The number of nitrogens with one attached hydrogen (secondary N) is 1. The summed E-state index contributed by atoms with van der Waals surface area (Å²) in [5.74, 6) is 1.73. The lowest BCUT2D eigenvalue weighted by Crippen LogP contribution is -2.44. The van der Waals surface area contributed by atoms with E-state index in [0.717, 1.165) is 69.6 Å². The van der Waals surface area contributed by atoms with Gasteiger partial charge in [-0.2, -0.15) is 4.80 Å². The van der Waals surface area contributed by atoms with Crippen molar-refractivity contribution < 1.29 is 9.21 Å². The SMILES string of the molecule is Cc1ccc(C(=O)NC2CCN(CCCCCn3nnc(-c4ccccc4)n3)CC2)o1. The molecule has 0 unspecified atom stereocenters. The summed E-state index contributed by atoms with van der Waals surface area (Å²) in [7, 11) is 0. The number of aromatic nitrogens is 4. The molecule has 0 aliphatic carbocycles. The van der Waals surface area contributed by atoms with Crippen LogP contribution in [0.3, 0.4) is 0 Å². The van der Waals surface area contributed by atoms with Crippen LogP contribution in [0.1, 0.15) is 48.4 Å². The second-order valence-corrected chi connectivity index (χ2v) is 8.14. The number of unbranched alkanes of at least 4 members (excludes halogenated alkanes) is 2. The number of carbonyl (C=O) groups is 1. The number of likely N-dealkylation sites (tertiary alicyclic amines) is 1. The quantitative estimate of drug-likeness (QED) is 0.532. The molecule has 164 valence electrons. The molecule has 2 aromatic heterocycles. The van der Waals surface area contributed by atoms with Crippen LogP contribution in [-0.2, 0) is 6.54 Å². The zero-order valence-electron chi connectivity index (χ0n) is 18.0. The predicted molar refractivity (Wildman–Crippen MR) is 117 cm³/mol. The number of furan rings is 1. The molecule has 31 heavy (non-hydrogen) atoms. The fraction of sp³-hybridized carbons (Fsp3) is 0.478. The van der Waals surface area contributed by atoms with Crippen molar-refractivity contribution in [2.45, 2.75) is 51.6 Å². The molecule has 0 saturated carbocycles. The predicted octanol–water partition coefficient (Wildman–Crippen LogP) is 3.31. The lowest BCUT2D eigenvalue weighted by Gasteiger charge is -2.32. The molecule has 3 heterocycles. The molecule has 8 heteroatoms. The zero-order chi connectivity index (χ0) is 21.5. The molecule has 1 aliphatic rings. The first-order valence-corrected chi connectivity index (χ1v) is 11.1. The summed E-state index contributed by atoms with van der Waals surface area (Å²) >= 11 is 0. The standard InChI is InChI=1S/C23H30N6O2/c1-18-10-11-21(31-18)23(30)24-20-12-16-28(17-13-20)14-6-3-7-15-29-26-22(25-27-29)19-8-4-2-5-9-19/h2,4-5,8-11,20H,3,6-7,12-17H2,1H3,(H,24,30). The van der Waals surface area contributed by atoms with Crippen molar-refractivity contribution in [3.63, 3.8) is 0 Å². The number of hydrogen-bond donors (Lipinski definition) is 1. The summed E-state index contributed by atoms with van der Waals surface area (Å²) < 4.78 is 5.40. The summed E-state index contributed by atoms with van der Waals surface area (Å²) in [4.78, 5) is 16.4. The highest BCUT2D eigenvalue weighted by Crippen LogP contribution is 2.14. The first-order valence-electron chi connectivity index (χ1n) is 11.1. The molecule has 1 aromatic carbocycles. The monoisotopic (exact) mass is 422 g/mol. The normalized spacial score (nSPS) is 15.3. The fourth-order valence-electron chi connectivity index (χ4n) is 3.92. The Morgan fingerprint density at radius 3 is 2.58 bits per heavy atom. The fourth-order valence-corrected chi connectivity index (χ4v) is 3.92. The summed E-state index contributed by atoms with van der Waals surface area (Å²) in [6.07, 6.45) is 5.30. The van der Waals surface area contributed by atoms with E-state index < -0.39 is 0 Å².